The second kappa shape index (κ2) is 5.32. The van der Waals surface area contributed by atoms with Crippen LogP contribution in [0.3, 0.4) is 0 Å². The van der Waals surface area contributed by atoms with Gasteiger partial charge in [-0.05, 0) is 23.8 Å². The van der Waals surface area contributed by atoms with Crippen molar-refractivity contribution in [2.75, 3.05) is 5.33 Å². The van der Waals surface area contributed by atoms with E-state index in [1.54, 1.807) is 0 Å². The minimum atomic E-state index is -0.493. The first-order valence-corrected chi connectivity index (χ1v) is 7.30. The molecule has 0 aromatic carbocycles. The van der Waals surface area contributed by atoms with Crippen LogP contribution in [0.15, 0.2) is 12.1 Å². The van der Waals surface area contributed by atoms with Crippen LogP contribution in [0.25, 0.3) is 0 Å². The van der Waals surface area contributed by atoms with Gasteiger partial charge in [-0.2, -0.15) is 0 Å². The van der Waals surface area contributed by atoms with Crippen LogP contribution in [-0.2, 0) is 7.05 Å². The van der Waals surface area contributed by atoms with Gasteiger partial charge in [0.05, 0.1) is 12.6 Å². The van der Waals surface area contributed by atoms with Crippen molar-refractivity contribution in [3.05, 3.63) is 27.9 Å². The van der Waals surface area contributed by atoms with E-state index in [2.05, 4.69) is 21.2 Å². The normalized spacial score (nSPS) is 17.4. The number of nitro groups is 1. The molecule has 6 nitrogen and oxygen atoms in total. The van der Waals surface area contributed by atoms with Gasteiger partial charge in [-0.1, -0.05) is 28.8 Å². The summed E-state index contributed by atoms with van der Waals surface area (Å²) in [4.78, 5) is 22.5. The zero-order chi connectivity index (χ0) is 14.0. The first kappa shape index (κ1) is 14.0. The third-order valence-corrected chi connectivity index (χ3v) is 4.78. The van der Waals surface area contributed by atoms with E-state index in [1.807, 2.05) is 0 Å². The fraction of sp³-hybridized carbons (Fsp3) is 0.583. The van der Waals surface area contributed by atoms with Crippen LogP contribution in [0.5, 0.6) is 0 Å². The van der Waals surface area contributed by atoms with Crippen molar-refractivity contribution < 1.29 is 9.72 Å². The van der Waals surface area contributed by atoms with Gasteiger partial charge in [0.1, 0.15) is 0 Å². The van der Waals surface area contributed by atoms with Gasteiger partial charge in [0.25, 0.3) is 5.91 Å². The van der Waals surface area contributed by atoms with Crippen LogP contribution < -0.4 is 5.32 Å². The lowest BCUT2D eigenvalue weighted by atomic mass is 10.0. The lowest BCUT2D eigenvalue weighted by Crippen LogP contribution is -2.48. The van der Waals surface area contributed by atoms with Crippen molar-refractivity contribution in [3.8, 4) is 0 Å². The highest BCUT2D eigenvalue weighted by molar-refractivity contribution is 9.09. The highest BCUT2D eigenvalue weighted by Gasteiger charge is 2.35. The van der Waals surface area contributed by atoms with Crippen molar-refractivity contribution in [3.63, 3.8) is 0 Å². The van der Waals surface area contributed by atoms with Crippen LogP contribution in [0, 0.1) is 10.1 Å². The van der Waals surface area contributed by atoms with Crippen molar-refractivity contribution in [1.82, 2.24) is 9.88 Å². The molecule has 104 valence electrons. The molecule has 1 heterocycles. The Hall–Kier alpha value is -1.37. The minimum Gasteiger partial charge on any atom is -0.358 e. The maximum atomic E-state index is 12.2. The molecule has 0 spiro atoms. The molecule has 1 aromatic heterocycles. The minimum absolute atomic E-state index is 0.0792. The number of carbonyl (C=O) groups excluding carboxylic acids is 1. The molecule has 1 aliphatic carbocycles. The summed E-state index contributed by atoms with van der Waals surface area (Å²) < 4.78 is 1.31. The van der Waals surface area contributed by atoms with Crippen LogP contribution >= 0.6 is 15.9 Å². The Labute approximate surface area is 119 Å². The predicted molar refractivity (Wildman–Crippen MR) is 74.5 cm³/mol. The largest absolute Gasteiger partial charge is 0.358 e. The maximum Gasteiger partial charge on any atom is 0.323 e. The standard InChI is InChI=1S/C12H16BrN3O3/c1-15-9(4-5-10(15)16(18)19)11(17)14-12(8-13)6-2-3-7-12/h4-5H,2-3,6-8H2,1H3,(H,14,17). The number of nitrogens with one attached hydrogen (secondary N) is 1. The van der Waals surface area contributed by atoms with E-state index >= 15 is 0 Å². The third-order valence-electron chi connectivity index (χ3n) is 3.71. The molecule has 1 aromatic rings. The van der Waals surface area contributed by atoms with Crippen LogP contribution in [0.4, 0.5) is 5.82 Å². The first-order valence-electron chi connectivity index (χ1n) is 6.18. The van der Waals surface area contributed by atoms with E-state index in [4.69, 9.17) is 0 Å². The Kier molecular flexibility index (Phi) is 3.93. The zero-order valence-electron chi connectivity index (χ0n) is 10.7. The zero-order valence-corrected chi connectivity index (χ0v) is 12.3. The molecule has 2 rings (SSSR count). The second-order valence-electron chi connectivity index (χ2n) is 4.97. The summed E-state index contributed by atoms with van der Waals surface area (Å²) >= 11 is 3.45. The Bertz CT molecular complexity index is 506. The maximum absolute atomic E-state index is 12.2. The van der Waals surface area contributed by atoms with Gasteiger partial charge in [0, 0.05) is 11.4 Å². The molecule has 0 aliphatic heterocycles. The summed E-state index contributed by atoms with van der Waals surface area (Å²) in [6.07, 6.45) is 4.07. The van der Waals surface area contributed by atoms with Crippen LogP contribution in [-0.4, -0.2) is 26.3 Å². The molecule has 1 saturated carbocycles. The summed E-state index contributed by atoms with van der Waals surface area (Å²) in [5.41, 5.74) is 0.106. The Balaban J connectivity index is 2.18. The van der Waals surface area contributed by atoms with Gasteiger partial charge in [0.15, 0.2) is 5.69 Å². The van der Waals surface area contributed by atoms with E-state index in [-0.39, 0.29) is 17.3 Å². The molecule has 1 N–H and O–H groups in total. The van der Waals surface area contributed by atoms with Crippen molar-refractivity contribution in [1.29, 1.82) is 0 Å². The first-order chi connectivity index (χ1) is 8.99. The number of amides is 1. The summed E-state index contributed by atoms with van der Waals surface area (Å²) in [5, 5.41) is 14.5. The monoisotopic (exact) mass is 329 g/mol. The van der Waals surface area contributed by atoms with Crippen LogP contribution in [0.2, 0.25) is 0 Å². The van der Waals surface area contributed by atoms with Gasteiger partial charge < -0.3 is 15.4 Å². The smallest absolute Gasteiger partial charge is 0.323 e. The van der Waals surface area contributed by atoms with E-state index in [0.29, 0.717) is 11.0 Å². The molecule has 0 unspecified atom stereocenters. The van der Waals surface area contributed by atoms with Gasteiger partial charge in [-0.25, -0.2) is 4.57 Å². The Morgan fingerprint density at radius 2 is 2.16 bits per heavy atom. The van der Waals surface area contributed by atoms with Gasteiger partial charge in [0.2, 0.25) is 0 Å². The number of hydrogen-bond acceptors (Lipinski definition) is 3. The number of hydrogen-bond donors (Lipinski definition) is 1. The number of nitrogens with zero attached hydrogens (tertiary/aromatic N) is 2. The quantitative estimate of drug-likeness (QED) is 0.523. The average Bonchev–Trinajstić information content (AvgIpc) is 2.96. The molecular weight excluding hydrogens is 314 g/mol. The fourth-order valence-corrected chi connectivity index (χ4v) is 3.26. The number of carbonyl (C=O) groups is 1. The molecule has 1 fully saturated rings. The number of aromatic nitrogens is 1. The highest BCUT2D eigenvalue weighted by atomic mass is 79.9. The number of halogens is 1. The van der Waals surface area contributed by atoms with Gasteiger partial charge in [-0.3, -0.25) is 4.79 Å². The van der Waals surface area contributed by atoms with Crippen molar-refractivity contribution >= 4 is 27.7 Å². The van der Waals surface area contributed by atoms with Gasteiger partial charge in [-0.15, -0.1) is 0 Å². The molecule has 19 heavy (non-hydrogen) atoms. The molecular formula is C12H16BrN3O3. The summed E-state index contributed by atoms with van der Waals surface area (Å²) in [6.45, 7) is 0. The van der Waals surface area contributed by atoms with Crippen molar-refractivity contribution in [2.45, 2.75) is 31.2 Å². The van der Waals surface area contributed by atoms with Crippen molar-refractivity contribution in [2.24, 2.45) is 7.05 Å². The number of rotatable bonds is 4. The Morgan fingerprint density at radius 3 is 2.63 bits per heavy atom. The summed E-state index contributed by atoms with van der Waals surface area (Å²) in [6, 6.07) is 2.84. The highest BCUT2D eigenvalue weighted by Crippen LogP contribution is 2.31. The topological polar surface area (TPSA) is 77.2 Å². The summed E-state index contributed by atoms with van der Waals surface area (Å²) in [7, 11) is 1.53. The molecule has 0 atom stereocenters. The average molecular weight is 330 g/mol. The molecule has 0 saturated heterocycles. The van der Waals surface area contributed by atoms with Crippen LogP contribution in [0.1, 0.15) is 36.2 Å². The fourth-order valence-electron chi connectivity index (χ4n) is 2.56. The van der Waals surface area contributed by atoms with Gasteiger partial charge >= 0.3 is 5.82 Å². The van der Waals surface area contributed by atoms with E-state index in [0.717, 1.165) is 25.7 Å². The lowest BCUT2D eigenvalue weighted by Gasteiger charge is -2.27. The molecule has 0 bridgehead atoms. The molecule has 1 amide bonds. The van der Waals surface area contributed by atoms with E-state index < -0.39 is 4.92 Å². The molecule has 7 heteroatoms. The number of alkyl halides is 1. The molecule has 0 radical (unpaired) electrons. The van der Waals surface area contributed by atoms with E-state index in [1.165, 1.54) is 23.7 Å². The van der Waals surface area contributed by atoms with E-state index in [9.17, 15) is 14.9 Å². The second-order valence-corrected chi connectivity index (χ2v) is 5.53. The third kappa shape index (κ3) is 2.65. The predicted octanol–water partition coefficient (Wildman–Crippen LogP) is 2.37. The Morgan fingerprint density at radius 1 is 1.53 bits per heavy atom. The lowest BCUT2D eigenvalue weighted by molar-refractivity contribution is -0.391. The SMILES string of the molecule is Cn1c(C(=O)NC2(CBr)CCCC2)ccc1[N+](=O)[O-]. The molecule has 1 aliphatic rings. The summed E-state index contributed by atoms with van der Waals surface area (Å²) in [5.74, 6) is -0.332.